The van der Waals surface area contributed by atoms with Crippen molar-refractivity contribution >= 4 is 16.0 Å². The minimum absolute atomic E-state index is 0.114. The fourth-order valence-electron chi connectivity index (χ4n) is 1.37. The lowest BCUT2D eigenvalue weighted by atomic mass is 10.2. The van der Waals surface area contributed by atoms with Crippen LogP contribution in [0.15, 0.2) is 29.2 Å². The Balaban J connectivity index is 2.72. The largest absolute Gasteiger partial charge is 0.462 e. The van der Waals surface area contributed by atoms with E-state index in [1.54, 1.807) is 0 Å². The van der Waals surface area contributed by atoms with Gasteiger partial charge < -0.3 is 4.74 Å². The monoisotopic (exact) mass is 296 g/mol. The van der Waals surface area contributed by atoms with Crippen LogP contribution in [-0.2, 0) is 14.8 Å². The summed E-state index contributed by atoms with van der Waals surface area (Å²) >= 11 is 0. The van der Waals surface area contributed by atoms with Crippen molar-refractivity contribution in [1.29, 1.82) is 5.26 Å². The number of benzene rings is 1. The van der Waals surface area contributed by atoms with Gasteiger partial charge in [0.25, 0.3) is 0 Å². The van der Waals surface area contributed by atoms with E-state index in [-0.39, 0.29) is 17.1 Å². The Morgan fingerprint density at radius 1 is 1.30 bits per heavy atom. The van der Waals surface area contributed by atoms with Gasteiger partial charge in [-0.2, -0.15) is 5.26 Å². The quantitative estimate of drug-likeness (QED) is 0.585. The molecule has 0 bridgehead atoms. The average Bonchev–Trinajstić information content (AvgIpc) is 2.43. The third-order valence-electron chi connectivity index (χ3n) is 2.53. The van der Waals surface area contributed by atoms with Gasteiger partial charge in [0.1, 0.15) is 0 Å². The Morgan fingerprint density at radius 3 is 2.40 bits per heavy atom. The van der Waals surface area contributed by atoms with Crippen LogP contribution in [0.25, 0.3) is 0 Å². The number of nitrogens with zero attached hydrogens (tertiary/aromatic N) is 2. The fraction of sp³-hybridized carbons (Fsp3) is 0.385. The molecule has 1 aromatic carbocycles. The molecule has 0 aromatic heterocycles. The fourth-order valence-corrected chi connectivity index (χ4v) is 2.27. The molecule has 108 valence electrons. The normalized spacial score (nSPS) is 11.1. The van der Waals surface area contributed by atoms with E-state index in [1.165, 1.54) is 38.4 Å². The minimum Gasteiger partial charge on any atom is -0.462 e. The summed E-state index contributed by atoms with van der Waals surface area (Å²) in [6.45, 7) is 0.171. The summed E-state index contributed by atoms with van der Waals surface area (Å²) < 4.78 is 29.7. The standard InChI is InChI=1S/C13H16N2O4S/c1-15(2)20(17,18)12-7-5-11(6-8-12)13(16)19-10-4-3-9-14/h5-8H,3-4,10H2,1-2H3. The lowest BCUT2D eigenvalue weighted by Gasteiger charge is -2.11. The molecule has 20 heavy (non-hydrogen) atoms. The van der Waals surface area contributed by atoms with Crippen LogP contribution in [0, 0.1) is 11.3 Å². The van der Waals surface area contributed by atoms with Gasteiger partial charge in [-0.3, -0.25) is 0 Å². The molecule has 7 heteroatoms. The van der Waals surface area contributed by atoms with E-state index in [1.807, 2.05) is 6.07 Å². The molecule has 0 saturated carbocycles. The molecule has 1 aromatic rings. The second-order valence-corrected chi connectivity index (χ2v) is 6.36. The predicted molar refractivity (Wildman–Crippen MR) is 72.4 cm³/mol. The number of carbonyl (C=O) groups is 1. The maximum atomic E-state index is 11.8. The van der Waals surface area contributed by atoms with Crippen LogP contribution >= 0.6 is 0 Å². The first kappa shape index (κ1) is 16.1. The summed E-state index contributed by atoms with van der Waals surface area (Å²) in [5, 5.41) is 8.35. The molecule has 0 N–H and O–H groups in total. The maximum Gasteiger partial charge on any atom is 0.338 e. The van der Waals surface area contributed by atoms with Gasteiger partial charge in [0.05, 0.1) is 23.1 Å². The summed E-state index contributed by atoms with van der Waals surface area (Å²) in [4.78, 5) is 11.8. The molecule has 0 aliphatic rings. The Kier molecular flexibility index (Phi) is 5.67. The highest BCUT2D eigenvalue weighted by Gasteiger charge is 2.17. The second-order valence-electron chi connectivity index (χ2n) is 4.21. The van der Waals surface area contributed by atoms with E-state index in [0.717, 1.165) is 4.31 Å². The van der Waals surface area contributed by atoms with Crippen LogP contribution in [0.5, 0.6) is 0 Å². The number of carbonyl (C=O) groups excluding carboxylic acids is 1. The SMILES string of the molecule is CN(C)S(=O)(=O)c1ccc(C(=O)OCCCC#N)cc1. The highest BCUT2D eigenvalue weighted by atomic mass is 32.2. The summed E-state index contributed by atoms with van der Waals surface area (Å²) in [5.41, 5.74) is 0.277. The van der Waals surface area contributed by atoms with Crippen molar-refractivity contribution in [1.82, 2.24) is 4.31 Å². The van der Waals surface area contributed by atoms with Crippen molar-refractivity contribution < 1.29 is 17.9 Å². The van der Waals surface area contributed by atoms with Crippen molar-refractivity contribution in [2.75, 3.05) is 20.7 Å². The molecule has 0 spiro atoms. The van der Waals surface area contributed by atoms with Crippen molar-refractivity contribution in [3.8, 4) is 6.07 Å². The van der Waals surface area contributed by atoms with Crippen molar-refractivity contribution in [3.05, 3.63) is 29.8 Å². The molecule has 6 nitrogen and oxygen atoms in total. The van der Waals surface area contributed by atoms with Crippen LogP contribution in [0.1, 0.15) is 23.2 Å². The van der Waals surface area contributed by atoms with E-state index >= 15 is 0 Å². The number of hydrogen-bond donors (Lipinski definition) is 0. The number of unbranched alkanes of at least 4 members (excludes halogenated alkanes) is 1. The van der Waals surface area contributed by atoms with Gasteiger partial charge in [-0.1, -0.05) is 0 Å². The molecular formula is C13H16N2O4S. The van der Waals surface area contributed by atoms with E-state index in [4.69, 9.17) is 10.00 Å². The highest BCUT2D eigenvalue weighted by molar-refractivity contribution is 7.89. The summed E-state index contributed by atoms with van der Waals surface area (Å²) in [7, 11) is -0.624. The Morgan fingerprint density at radius 2 is 1.90 bits per heavy atom. The molecule has 0 heterocycles. The lowest BCUT2D eigenvalue weighted by molar-refractivity contribution is 0.0501. The topological polar surface area (TPSA) is 87.5 Å². The van der Waals surface area contributed by atoms with E-state index in [9.17, 15) is 13.2 Å². The second kappa shape index (κ2) is 7.03. The molecular weight excluding hydrogens is 280 g/mol. The van der Waals surface area contributed by atoms with E-state index in [0.29, 0.717) is 12.8 Å². The van der Waals surface area contributed by atoms with Gasteiger partial charge in [-0.25, -0.2) is 17.5 Å². The first-order chi connectivity index (χ1) is 9.39. The molecule has 0 aliphatic heterocycles. The summed E-state index contributed by atoms with van der Waals surface area (Å²) in [6, 6.07) is 7.49. The van der Waals surface area contributed by atoms with Gasteiger partial charge in [0.15, 0.2) is 0 Å². The number of esters is 1. The first-order valence-electron chi connectivity index (χ1n) is 5.96. The molecule has 1 rings (SSSR count). The molecule has 0 fully saturated rings. The molecule has 0 saturated heterocycles. The minimum atomic E-state index is -3.50. The average molecular weight is 296 g/mol. The van der Waals surface area contributed by atoms with E-state index in [2.05, 4.69) is 0 Å². The number of sulfonamides is 1. The Labute approximate surface area is 118 Å². The van der Waals surface area contributed by atoms with Gasteiger partial charge in [0, 0.05) is 20.5 Å². The zero-order chi connectivity index (χ0) is 15.2. The lowest BCUT2D eigenvalue weighted by Crippen LogP contribution is -2.22. The van der Waals surface area contributed by atoms with Gasteiger partial charge in [-0.05, 0) is 30.7 Å². The molecule has 0 aliphatic carbocycles. The van der Waals surface area contributed by atoms with Gasteiger partial charge in [0.2, 0.25) is 10.0 Å². The molecule has 0 atom stereocenters. The third-order valence-corrected chi connectivity index (χ3v) is 4.36. The summed E-state index contributed by atoms with van der Waals surface area (Å²) in [5.74, 6) is -0.531. The number of hydrogen-bond acceptors (Lipinski definition) is 5. The zero-order valence-corrected chi connectivity index (χ0v) is 12.2. The van der Waals surface area contributed by atoms with Crippen LogP contribution in [0.4, 0.5) is 0 Å². The molecule has 0 unspecified atom stereocenters. The van der Waals surface area contributed by atoms with Crippen LogP contribution in [0.2, 0.25) is 0 Å². The van der Waals surface area contributed by atoms with Crippen LogP contribution in [0.3, 0.4) is 0 Å². The predicted octanol–water partition coefficient (Wildman–Crippen LogP) is 1.40. The molecule has 0 radical (unpaired) electrons. The zero-order valence-electron chi connectivity index (χ0n) is 11.4. The van der Waals surface area contributed by atoms with Crippen molar-refractivity contribution in [2.45, 2.75) is 17.7 Å². The van der Waals surface area contributed by atoms with Crippen LogP contribution in [-0.4, -0.2) is 39.4 Å². The Bertz CT molecular complexity index is 600. The number of rotatable bonds is 6. The third kappa shape index (κ3) is 4.05. The van der Waals surface area contributed by atoms with Gasteiger partial charge in [-0.15, -0.1) is 0 Å². The number of ether oxygens (including phenoxy) is 1. The number of nitriles is 1. The summed E-state index contributed by atoms with van der Waals surface area (Å²) in [6.07, 6.45) is 0.808. The van der Waals surface area contributed by atoms with Crippen LogP contribution < -0.4 is 0 Å². The van der Waals surface area contributed by atoms with E-state index < -0.39 is 16.0 Å². The first-order valence-corrected chi connectivity index (χ1v) is 7.40. The molecule has 0 amide bonds. The van der Waals surface area contributed by atoms with Crippen molar-refractivity contribution in [2.24, 2.45) is 0 Å². The highest BCUT2D eigenvalue weighted by Crippen LogP contribution is 2.14. The Hall–Kier alpha value is -1.91. The van der Waals surface area contributed by atoms with Crippen molar-refractivity contribution in [3.63, 3.8) is 0 Å². The smallest absolute Gasteiger partial charge is 0.338 e. The maximum absolute atomic E-state index is 11.8. The van der Waals surface area contributed by atoms with Gasteiger partial charge >= 0.3 is 5.97 Å².